The molecule has 0 aliphatic carbocycles. The molecule has 110 valence electrons. The normalized spacial score (nSPS) is 14.4. The number of allylic oxidation sites excluding steroid dienone is 2. The average Bonchev–Trinajstić information content (AvgIpc) is 3.27. The second kappa shape index (κ2) is 4.95. The predicted molar refractivity (Wildman–Crippen MR) is 71.1 cm³/mol. The summed E-state index contributed by atoms with van der Waals surface area (Å²) >= 11 is 0. The van der Waals surface area contributed by atoms with Crippen LogP contribution in [0.15, 0.2) is 45.9 Å². The molecule has 9 heteroatoms. The van der Waals surface area contributed by atoms with Gasteiger partial charge in [-0.2, -0.15) is 0 Å². The van der Waals surface area contributed by atoms with Crippen molar-refractivity contribution in [1.82, 2.24) is 20.1 Å². The molecule has 1 aliphatic heterocycles. The smallest absolute Gasteiger partial charge is 0.389 e. The van der Waals surface area contributed by atoms with Crippen molar-refractivity contribution in [3.8, 4) is 17.2 Å². The van der Waals surface area contributed by atoms with Crippen LogP contribution in [0, 0.1) is 0 Å². The number of hydrogen-bond acceptors (Lipinski definition) is 6. The molecule has 3 aromatic heterocycles. The van der Waals surface area contributed by atoms with Crippen molar-refractivity contribution in [2.75, 3.05) is 0 Å². The first-order valence-corrected chi connectivity index (χ1v) is 6.60. The Labute approximate surface area is 124 Å². The third-order valence-corrected chi connectivity index (χ3v) is 3.05. The number of rotatable bonds is 3. The Morgan fingerprint density at radius 2 is 2.27 bits per heavy atom. The molecule has 0 unspecified atom stereocenters. The molecule has 4 rings (SSSR count). The van der Waals surface area contributed by atoms with Crippen LogP contribution >= 0.6 is 0 Å². The van der Waals surface area contributed by atoms with E-state index in [4.69, 9.17) is 13.9 Å². The number of oxazole rings is 1. The SMILES string of the molecule is CC1=CCC=[N+](c2nc(-c3c[n+](-c4cnc[nH]4)on3)co2)O1. The van der Waals surface area contributed by atoms with Gasteiger partial charge in [0.15, 0.2) is 24.5 Å². The van der Waals surface area contributed by atoms with Gasteiger partial charge in [0.2, 0.25) is 0 Å². The number of aromatic nitrogens is 5. The lowest BCUT2D eigenvalue weighted by Gasteiger charge is -2.05. The molecular weight excluding hydrogens is 288 g/mol. The summed E-state index contributed by atoms with van der Waals surface area (Å²) in [6.45, 7) is 1.87. The third-order valence-electron chi connectivity index (χ3n) is 3.05. The summed E-state index contributed by atoms with van der Waals surface area (Å²) in [6.07, 6.45) is 10.9. The van der Waals surface area contributed by atoms with Crippen LogP contribution in [-0.2, 0) is 4.84 Å². The van der Waals surface area contributed by atoms with E-state index in [2.05, 4.69) is 20.1 Å². The topological polar surface area (TPSA) is 96.9 Å². The number of nitrogens with one attached hydrogen (secondary N) is 1. The predicted octanol–water partition coefficient (Wildman–Crippen LogP) is 1.28. The Morgan fingerprint density at radius 3 is 3.09 bits per heavy atom. The number of H-pyrrole nitrogens is 1. The van der Waals surface area contributed by atoms with E-state index >= 15 is 0 Å². The van der Waals surface area contributed by atoms with Gasteiger partial charge in [0.1, 0.15) is 12.4 Å². The molecule has 0 bridgehead atoms. The monoisotopic (exact) mass is 300 g/mol. The van der Waals surface area contributed by atoms with Gasteiger partial charge < -0.3 is 4.42 Å². The summed E-state index contributed by atoms with van der Waals surface area (Å²) in [6, 6.07) is 0.332. The molecule has 0 radical (unpaired) electrons. The molecule has 0 spiro atoms. The Kier molecular flexibility index (Phi) is 2.81. The van der Waals surface area contributed by atoms with Gasteiger partial charge in [-0.1, -0.05) is 0 Å². The molecule has 4 heterocycles. The van der Waals surface area contributed by atoms with Crippen molar-refractivity contribution in [3.05, 3.63) is 36.8 Å². The highest BCUT2D eigenvalue weighted by Crippen LogP contribution is 2.21. The van der Waals surface area contributed by atoms with E-state index in [1.807, 2.05) is 19.2 Å². The highest BCUT2D eigenvalue weighted by molar-refractivity contribution is 5.56. The first-order chi connectivity index (χ1) is 10.8. The minimum atomic E-state index is 0.332. The quantitative estimate of drug-likeness (QED) is 0.732. The molecule has 0 atom stereocenters. The van der Waals surface area contributed by atoms with Crippen LogP contribution in [0.1, 0.15) is 13.3 Å². The van der Waals surface area contributed by atoms with Gasteiger partial charge >= 0.3 is 6.01 Å². The molecule has 9 nitrogen and oxygen atoms in total. The Balaban J connectivity index is 1.61. The molecule has 22 heavy (non-hydrogen) atoms. The van der Waals surface area contributed by atoms with Crippen molar-refractivity contribution < 1.29 is 23.4 Å². The van der Waals surface area contributed by atoms with Crippen LogP contribution in [0.2, 0.25) is 0 Å². The third kappa shape index (κ3) is 2.18. The van der Waals surface area contributed by atoms with E-state index in [9.17, 15) is 0 Å². The molecule has 1 aliphatic rings. The number of hydrogen-bond donors (Lipinski definition) is 1. The van der Waals surface area contributed by atoms with Gasteiger partial charge in [0, 0.05) is 11.4 Å². The van der Waals surface area contributed by atoms with E-state index in [1.165, 1.54) is 15.7 Å². The maximum atomic E-state index is 5.51. The lowest BCUT2D eigenvalue weighted by atomic mass is 10.4. The summed E-state index contributed by atoms with van der Waals surface area (Å²) in [5, 5.41) is 3.95. The molecular formula is C13H12N6O3+2. The van der Waals surface area contributed by atoms with Crippen LogP contribution < -0.4 is 4.74 Å². The van der Waals surface area contributed by atoms with Crippen molar-refractivity contribution in [1.29, 1.82) is 0 Å². The molecule has 3 aromatic rings. The minimum Gasteiger partial charge on any atom is -0.389 e. The van der Waals surface area contributed by atoms with Crippen LogP contribution in [0.4, 0.5) is 6.01 Å². The molecule has 0 saturated heterocycles. The zero-order valence-corrected chi connectivity index (χ0v) is 11.6. The number of nitrogens with zero attached hydrogens (tertiary/aromatic N) is 5. The summed E-state index contributed by atoms with van der Waals surface area (Å²) in [5.41, 5.74) is 1.08. The maximum absolute atomic E-state index is 5.51. The van der Waals surface area contributed by atoms with Gasteiger partial charge in [-0.3, -0.25) is 9.82 Å². The molecule has 0 aromatic carbocycles. The second-order valence-electron chi connectivity index (χ2n) is 4.62. The zero-order valence-electron chi connectivity index (χ0n) is 11.6. The number of imidazole rings is 1. The van der Waals surface area contributed by atoms with E-state index in [0.717, 1.165) is 12.2 Å². The highest BCUT2D eigenvalue weighted by Gasteiger charge is 2.27. The fraction of sp³-hybridized carbons (Fsp3) is 0.154. The van der Waals surface area contributed by atoms with E-state index in [1.54, 1.807) is 18.7 Å². The molecule has 0 amide bonds. The largest absolute Gasteiger partial charge is 0.544 e. The van der Waals surface area contributed by atoms with E-state index in [0.29, 0.717) is 23.2 Å². The second-order valence-corrected chi connectivity index (χ2v) is 4.62. The van der Waals surface area contributed by atoms with Crippen molar-refractivity contribution in [2.24, 2.45) is 0 Å². The van der Waals surface area contributed by atoms with E-state index < -0.39 is 0 Å². The van der Waals surface area contributed by atoms with Crippen molar-refractivity contribution in [2.45, 2.75) is 13.3 Å². The average molecular weight is 300 g/mol. The Hall–Kier alpha value is -3.23. The van der Waals surface area contributed by atoms with Crippen LogP contribution in [-0.4, -0.2) is 31.1 Å². The summed E-state index contributed by atoms with van der Waals surface area (Å²) in [4.78, 5) is 16.7. The van der Waals surface area contributed by atoms with Crippen LogP contribution in [0.3, 0.4) is 0 Å². The first-order valence-electron chi connectivity index (χ1n) is 6.60. The Bertz CT molecular complexity index is 858. The molecule has 0 saturated carbocycles. The molecule has 1 N–H and O–H groups in total. The van der Waals surface area contributed by atoms with E-state index in [-0.39, 0.29) is 0 Å². The van der Waals surface area contributed by atoms with Crippen LogP contribution in [0.5, 0.6) is 0 Å². The standard InChI is InChI=1S/C13H12N6O3/c1-9-3-2-4-18(21-9)13-16-11(7-20-13)10-6-19(22-17-10)12-5-14-8-15-12/h3-8H,2H2,1H3,(H,14,15)/q+2. The van der Waals surface area contributed by atoms with Crippen molar-refractivity contribution >= 4 is 12.2 Å². The fourth-order valence-electron chi connectivity index (χ4n) is 1.99. The van der Waals surface area contributed by atoms with Gasteiger partial charge in [0.05, 0.1) is 5.16 Å². The summed E-state index contributed by atoms with van der Waals surface area (Å²) in [5.74, 6) is 1.46. The number of aromatic amines is 1. The van der Waals surface area contributed by atoms with Gasteiger partial charge in [-0.05, 0) is 22.5 Å². The first kappa shape index (κ1) is 12.5. The minimum absolute atomic E-state index is 0.332. The lowest BCUT2D eigenvalue weighted by Crippen LogP contribution is -2.27. The molecule has 0 fully saturated rings. The van der Waals surface area contributed by atoms with Gasteiger partial charge in [-0.25, -0.2) is 4.98 Å². The zero-order chi connectivity index (χ0) is 14.9. The summed E-state index contributed by atoms with van der Waals surface area (Å²) < 4.78 is 13.6. The van der Waals surface area contributed by atoms with Crippen molar-refractivity contribution in [3.63, 3.8) is 0 Å². The summed E-state index contributed by atoms with van der Waals surface area (Å²) in [7, 11) is 0. The maximum Gasteiger partial charge on any atom is 0.544 e. The van der Waals surface area contributed by atoms with Crippen LogP contribution in [0.25, 0.3) is 17.2 Å². The Morgan fingerprint density at radius 1 is 1.32 bits per heavy atom. The highest BCUT2D eigenvalue weighted by atomic mass is 16.7. The van der Waals surface area contributed by atoms with Gasteiger partial charge in [-0.15, -0.1) is 4.63 Å². The van der Waals surface area contributed by atoms with Gasteiger partial charge in [0.25, 0.3) is 17.2 Å². The fourth-order valence-corrected chi connectivity index (χ4v) is 1.99. The lowest BCUT2D eigenvalue weighted by molar-refractivity contribution is -0.796.